The van der Waals surface area contributed by atoms with E-state index in [4.69, 9.17) is 4.74 Å². The highest BCUT2D eigenvalue weighted by atomic mass is 16.5. The van der Waals surface area contributed by atoms with Gasteiger partial charge in [-0.25, -0.2) is 0 Å². The van der Waals surface area contributed by atoms with Gasteiger partial charge < -0.3 is 4.74 Å². The van der Waals surface area contributed by atoms with E-state index >= 15 is 0 Å². The second kappa shape index (κ2) is 4.94. The molecule has 0 amide bonds. The molecule has 1 aliphatic rings. The van der Waals surface area contributed by atoms with Crippen LogP contribution in [0.1, 0.15) is 43.9 Å². The first-order valence-electron chi connectivity index (χ1n) is 5.19. The summed E-state index contributed by atoms with van der Waals surface area (Å²) in [7, 11) is 1.62. The van der Waals surface area contributed by atoms with E-state index in [1.165, 1.54) is 12.8 Å². The lowest BCUT2D eigenvalue weighted by Crippen LogP contribution is -1.97. The highest BCUT2D eigenvalue weighted by Crippen LogP contribution is 2.39. The average molecular weight is 194 g/mol. The summed E-state index contributed by atoms with van der Waals surface area (Å²) in [6.45, 7) is 6.00. The lowest BCUT2D eigenvalue weighted by Gasteiger charge is -2.02. The van der Waals surface area contributed by atoms with Crippen LogP contribution >= 0.6 is 0 Å². The van der Waals surface area contributed by atoms with Crippen LogP contribution in [0.15, 0.2) is 6.07 Å². The van der Waals surface area contributed by atoms with E-state index in [0.717, 1.165) is 11.3 Å². The van der Waals surface area contributed by atoms with Gasteiger partial charge in [0, 0.05) is 11.5 Å². The smallest absolute Gasteiger partial charge is 0.236 e. The van der Waals surface area contributed by atoms with Gasteiger partial charge in [-0.1, -0.05) is 13.8 Å². The maximum atomic E-state index is 5.03. The minimum absolute atomic E-state index is 0.638. The Morgan fingerprint density at radius 3 is 2.36 bits per heavy atom. The van der Waals surface area contributed by atoms with E-state index in [1.54, 1.807) is 7.11 Å². The summed E-state index contributed by atoms with van der Waals surface area (Å²) in [5, 5.41) is 8.08. The number of aryl methyl sites for hydroxylation is 1. The largest absolute Gasteiger partial charge is 0.480 e. The highest BCUT2D eigenvalue weighted by Gasteiger charge is 2.25. The second-order valence-electron chi connectivity index (χ2n) is 3.24. The molecule has 0 N–H and O–H groups in total. The fourth-order valence-corrected chi connectivity index (χ4v) is 1.27. The van der Waals surface area contributed by atoms with Gasteiger partial charge in [-0.05, 0) is 25.8 Å². The predicted octanol–water partition coefficient (Wildman–Crippen LogP) is 2.70. The second-order valence-corrected chi connectivity index (χ2v) is 3.24. The quantitative estimate of drug-likeness (QED) is 0.726. The Labute approximate surface area is 85.5 Å². The molecule has 1 fully saturated rings. The zero-order chi connectivity index (χ0) is 10.6. The van der Waals surface area contributed by atoms with Crippen LogP contribution in [-0.4, -0.2) is 17.3 Å². The molecule has 0 aliphatic heterocycles. The van der Waals surface area contributed by atoms with Gasteiger partial charge in [-0.2, -0.15) is 5.10 Å². The molecule has 1 aromatic heterocycles. The van der Waals surface area contributed by atoms with E-state index in [0.29, 0.717) is 11.8 Å². The third kappa shape index (κ3) is 2.44. The summed E-state index contributed by atoms with van der Waals surface area (Å²) in [6, 6.07) is 2.07. The minimum Gasteiger partial charge on any atom is -0.480 e. The Morgan fingerprint density at radius 1 is 1.29 bits per heavy atom. The van der Waals surface area contributed by atoms with Crippen LogP contribution in [-0.2, 0) is 0 Å². The van der Waals surface area contributed by atoms with E-state index in [-0.39, 0.29) is 0 Å². The predicted molar refractivity (Wildman–Crippen MR) is 56.6 cm³/mol. The average Bonchev–Trinajstić information content (AvgIpc) is 3.04. The van der Waals surface area contributed by atoms with Crippen molar-refractivity contribution >= 4 is 0 Å². The summed E-state index contributed by atoms with van der Waals surface area (Å²) in [6.07, 6.45) is 2.53. The van der Waals surface area contributed by atoms with Gasteiger partial charge in [0.2, 0.25) is 5.88 Å². The van der Waals surface area contributed by atoms with Crippen molar-refractivity contribution in [3.05, 3.63) is 17.3 Å². The van der Waals surface area contributed by atoms with Crippen LogP contribution in [0.5, 0.6) is 5.88 Å². The first-order chi connectivity index (χ1) is 6.81. The molecule has 2 rings (SSSR count). The van der Waals surface area contributed by atoms with Crippen molar-refractivity contribution in [3.63, 3.8) is 0 Å². The Kier molecular flexibility index (Phi) is 3.86. The molecular weight excluding hydrogens is 176 g/mol. The normalized spacial score (nSPS) is 14.3. The standard InChI is InChI=1S/C9H12N2O.C2H6/c1-6-5-8(7-3-4-7)10-11-9(6)12-2;1-2/h5,7H,3-4H2,1-2H3;1-2H3. The number of hydrogen-bond acceptors (Lipinski definition) is 3. The Balaban J connectivity index is 0.000000461. The summed E-state index contributed by atoms with van der Waals surface area (Å²) >= 11 is 0. The number of nitrogens with zero attached hydrogens (tertiary/aromatic N) is 2. The summed E-state index contributed by atoms with van der Waals surface area (Å²) in [5.41, 5.74) is 2.20. The first kappa shape index (κ1) is 11.0. The van der Waals surface area contributed by atoms with Crippen LogP contribution in [0, 0.1) is 6.92 Å². The molecule has 0 bridgehead atoms. The maximum Gasteiger partial charge on any atom is 0.236 e. The van der Waals surface area contributed by atoms with Crippen LogP contribution in [0.3, 0.4) is 0 Å². The summed E-state index contributed by atoms with van der Waals surface area (Å²) in [5.74, 6) is 1.31. The van der Waals surface area contributed by atoms with Crippen molar-refractivity contribution in [3.8, 4) is 5.88 Å². The third-order valence-corrected chi connectivity index (χ3v) is 2.15. The molecule has 3 nitrogen and oxygen atoms in total. The van der Waals surface area contributed by atoms with Gasteiger partial charge in [-0.15, -0.1) is 5.10 Å². The maximum absolute atomic E-state index is 5.03. The Morgan fingerprint density at radius 2 is 1.93 bits per heavy atom. The van der Waals surface area contributed by atoms with Gasteiger partial charge in [0.15, 0.2) is 0 Å². The van der Waals surface area contributed by atoms with Crippen molar-refractivity contribution in [2.24, 2.45) is 0 Å². The minimum atomic E-state index is 0.638. The van der Waals surface area contributed by atoms with Gasteiger partial charge in [0.1, 0.15) is 0 Å². The number of ether oxygens (including phenoxy) is 1. The number of rotatable bonds is 2. The molecule has 1 heterocycles. The van der Waals surface area contributed by atoms with E-state index < -0.39 is 0 Å². The lowest BCUT2D eigenvalue weighted by atomic mass is 10.2. The third-order valence-electron chi connectivity index (χ3n) is 2.15. The zero-order valence-electron chi connectivity index (χ0n) is 9.37. The summed E-state index contributed by atoms with van der Waals surface area (Å²) in [4.78, 5) is 0. The fourth-order valence-electron chi connectivity index (χ4n) is 1.27. The summed E-state index contributed by atoms with van der Waals surface area (Å²) < 4.78 is 5.03. The van der Waals surface area contributed by atoms with E-state index in [1.807, 2.05) is 20.8 Å². The zero-order valence-corrected chi connectivity index (χ0v) is 9.37. The van der Waals surface area contributed by atoms with Gasteiger partial charge in [-0.3, -0.25) is 0 Å². The molecule has 0 aromatic carbocycles. The van der Waals surface area contributed by atoms with Crippen LogP contribution < -0.4 is 4.74 Å². The van der Waals surface area contributed by atoms with Crippen molar-refractivity contribution in [1.82, 2.24) is 10.2 Å². The molecule has 14 heavy (non-hydrogen) atoms. The highest BCUT2D eigenvalue weighted by molar-refractivity contribution is 5.27. The van der Waals surface area contributed by atoms with Crippen LogP contribution in [0.4, 0.5) is 0 Å². The molecule has 3 heteroatoms. The van der Waals surface area contributed by atoms with Gasteiger partial charge in [0.25, 0.3) is 0 Å². The van der Waals surface area contributed by atoms with Crippen molar-refractivity contribution in [2.45, 2.75) is 39.5 Å². The monoisotopic (exact) mass is 194 g/mol. The molecule has 0 radical (unpaired) electrons. The molecule has 0 atom stereocenters. The van der Waals surface area contributed by atoms with Gasteiger partial charge >= 0.3 is 0 Å². The van der Waals surface area contributed by atoms with Crippen molar-refractivity contribution < 1.29 is 4.74 Å². The SMILES string of the molecule is CC.COc1nnc(C2CC2)cc1C. The number of hydrogen-bond donors (Lipinski definition) is 0. The Bertz CT molecular complexity index is 295. The van der Waals surface area contributed by atoms with Crippen LogP contribution in [0.25, 0.3) is 0 Å². The molecule has 1 aliphatic carbocycles. The Hall–Kier alpha value is -1.12. The number of aromatic nitrogens is 2. The molecular formula is C11H18N2O. The van der Waals surface area contributed by atoms with E-state index in [9.17, 15) is 0 Å². The number of methoxy groups -OCH3 is 1. The molecule has 1 aromatic rings. The molecule has 1 saturated carbocycles. The molecule has 0 spiro atoms. The molecule has 0 saturated heterocycles. The first-order valence-corrected chi connectivity index (χ1v) is 5.19. The molecule has 78 valence electrons. The van der Waals surface area contributed by atoms with E-state index in [2.05, 4.69) is 16.3 Å². The van der Waals surface area contributed by atoms with Crippen LogP contribution in [0.2, 0.25) is 0 Å². The van der Waals surface area contributed by atoms with Gasteiger partial charge in [0.05, 0.1) is 12.8 Å². The lowest BCUT2D eigenvalue weighted by molar-refractivity contribution is 0.387. The molecule has 0 unspecified atom stereocenters. The fraction of sp³-hybridized carbons (Fsp3) is 0.636. The topological polar surface area (TPSA) is 35.0 Å². The van der Waals surface area contributed by atoms with Crippen molar-refractivity contribution in [2.75, 3.05) is 7.11 Å². The van der Waals surface area contributed by atoms with Crippen molar-refractivity contribution in [1.29, 1.82) is 0 Å².